The largest absolute Gasteiger partial charge is 0.489 e. The first kappa shape index (κ1) is 8.11. The van der Waals surface area contributed by atoms with Gasteiger partial charge in [-0.2, -0.15) is 0 Å². The Kier molecular flexibility index (Phi) is 2.09. The molecule has 1 aromatic carbocycles. The Hall–Kier alpha value is -0.500. The van der Waals surface area contributed by atoms with E-state index in [4.69, 9.17) is 4.74 Å². The highest BCUT2D eigenvalue weighted by Crippen LogP contribution is 2.30. The lowest BCUT2D eigenvalue weighted by Crippen LogP contribution is -2.22. The van der Waals surface area contributed by atoms with Gasteiger partial charge in [0.1, 0.15) is 11.9 Å². The molecule has 2 rings (SSSR count). The molecule has 1 nitrogen and oxygen atoms in total. The van der Waals surface area contributed by atoms with Crippen LogP contribution in [0.5, 0.6) is 5.75 Å². The summed E-state index contributed by atoms with van der Waals surface area (Å²) in [7, 11) is 0. The predicted octanol–water partition coefficient (Wildman–Crippen LogP) is 2.77. The van der Waals surface area contributed by atoms with E-state index in [1.807, 2.05) is 12.1 Å². The molecule has 1 aliphatic rings. The molecule has 0 aromatic heterocycles. The second kappa shape index (κ2) is 3.09. The summed E-state index contributed by atoms with van der Waals surface area (Å²) < 4.78 is 5.72. The maximum Gasteiger partial charge on any atom is 0.123 e. The molecular weight excluding hydrogens is 216 g/mol. The van der Waals surface area contributed by atoms with E-state index in [1.165, 1.54) is 5.56 Å². The van der Waals surface area contributed by atoms with Crippen molar-refractivity contribution in [1.82, 2.24) is 0 Å². The molecule has 1 aliphatic heterocycles. The van der Waals surface area contributed by atoms with Gasteiger partial charge in [0.2, 0.25) is 0 Å². The van der Waals surface area contributed by atoms with Crippen molar-refractivity contribution in [3.8, 4) is 5.75 Å². The maximum absolute atomic E-state index is 5.72. The quantitative estimate of drug-likeness (QED) is 0.670. The van der Waals surface area contributed by atoms with Gasteiger partial charge >= 0.3 is 0 Å². The smallest absolute Gasteiger partial charge is 0.123 e. The number of halogens is 1. The van der Waals surface area contributed by atoms with Crippen LogP contribution in [0.4, 0.5) is 0 Å². The summed E-state index contributed by atoms with van der Waals surface area (Å²) in [4.78, 5) is 0.421. The van der Waals surface area contributed by atoms with Gasteiger partial charge < -0.3 is 4.74 Å². The van der Waals surface area contributed by atoms with Crippen LogP contribution in [0.2, 0.25) is 0 Å². The van der Waals surface area contributed by atoms with Crippen molar-refractivity contribution in [2.75, 3.05) is 0 Å². The SMILES string of the molecule is CC(Br)C1Cc2ccccc2O1. The molecule has 1 heterocycles. The Bertz CT molecular complexity index is 258. The van der Waals surface area contributed by atoms with Crippen LogP contribution in [-0.4, -0.2) is 10.9 Å². The third-order valence-corrected chi connectivity index (χ3v) is 2.77. The average Bonchev–Trinajstić information content (AvgIpc) is 2.46. The first-order valence-electron chi connectivity index (χ1n) is 4.16. The highest BCUT2D eigenvalue weighted by molar-refractivity contribution is 9.09. The lowest BCUT2D eigenvalue weighted by molar-refractivity contribution is 0.236. The van der Waals surface area contributed by atoms with Crippen molar-refractivity contribution < 1.29 is 4.74 Å². The fourth-order valence-electron chi connectivity index (χ4n) is 1.47. The van der Waals surface area contributed by atoms with Crippen molar-refractivity contribution in [1.29, 1.82) is 0 Å². The van der Waals surface area contributed by atoms with Crippen LogP contribution in [0.15, 0.2) is 24.3 Å². The van der Waals surface area contributed by atoms with E-state index < -0.39 is 0 Å². The molecule has 0 fully saturated rings. The molecule has 1 aromatic rings. The molecule has 0 amide bonds. The number of fused-ring (bicyclic) bond motifs is 1. The molecule has 0 saturated heterocycles. The summed E-state index contributed by atoms with van der Waals surface area (Å²) in [5.74, 6) is 1.05. The van der Waals surface area contributed by atoms with E-state index in [0.717, 1.165) is 12.2 Å². The summed E-state index contributed by atoms with van der Waals surface area (Å²) in [5.41, 5.74) is 1.33. The van der Waals surface area contributed by atoms with E-state index in [2.05, 4.69) is 35.0 Å². The molecule has 0 spiro atoms. The predicted molar refractivity (Wildman–Crippen MR) is 53.0 cm³/mol. The van der Waals surface area contributed by atoms with Gasteiger partial charge in [-0.3, -0.25) is 0 Å². The summed E-state index contributed by atoms with van der Waals surface area (Å²) in [6.07, 6.45) is 1.34. The van der Waals surface area contributed by atoms with Crippen LogP contribution in [-0.2, 0) is 6.42 Å². The van der Waals surface area contributed by atoms with E-state index in [9.17, 15) is 0 Å². The number of hydrogen-bond donors (Lipinski definition) is 0. The highest BCUT2D eigenvalue weighted by Gasteiger charge is 2.25. The van der Waals surface area contributed by atoms with Crippen molar-refractivity contribution in [2.24, 2.45) is 0 Å². The molecule has 0 bridgehead atoms. The highest BCUT2D eigenvalue weighted by atomic mass is 79.9. The first-order valence-corrected chi connectivity index (χ1v) is 5.07. The third kappa shape index (κ3) is 1.36. The minimum Gasteiger partial charge on any atom is -0.489 e. The number of benzene rings is 1. The molecule has 2 atom stereocenters. The summed E-state index contributed by atoms with van der Waals surface area (Å²) >= 11 is 3.54. The molecular formula is C10H11BrO. The maximum atomic E-state index is 5.72. The zero-order valence-electron chi connectivity index (χ0n) is 6.96. The van der Waals surface area contributed by atoms with Crippen LogP contribution in [0, 0.1) is 0 Å². The van der Waals surface area contributed by atoms with Gasteiger partial charge in [-0.1, -0.05) is 34.1 Å². The number of para-hydroxylation sites is 1. The lowest BCUT2D eigenvalue weighted by Gasteiger charge is -2.12. The second-order valence-corrected chi connectivity index (χ2v) is 4.59. The Morgan fingerprint density at radius 3 is 2.92 bits per heavy atom. The van der Waals surface area contributed by atoms with E-state index in [0.29, 0.717) is 10.9 Å². The zero-order chi connectivity index (χ0) is 8.55. The first-order chi connectivity index (χ1) is 5.77. The fraction of sp³-hybridized carbons (Fsp3) is 0.400. The molecule has 0 N–H and O–H groups in total. The van der Waals surface area contributed by atoms with Crippen molar-refractivity contribution >= 4 is 15.9 Å². The van der Waals surface area contributed by atoms with Crippen LogP contribution < -0.4 is 4.74 Å². The fourth-order valence-corrected chi connectivity index (χ4v) is 1.76. The molecule has 64 valence electrons. The summed E-state index contributed by atoms with van der Waals surface area (Å²) in [5, 5.41) is 0. The number of hydrogen-bond acceptors (Lipinski definition) is 1. The Morgan fingerprint density at radius 2 is 2.25 bits per heavy atom. The topological polar surface area (TPSA) is 9.23 Å². The molecule has 2 heteroatoms. The van der Waals surface area contributed by atoms with E-state index in [1.54, 1.807) is 0 Å². The van der Waals surface area contributed by atoms with Crippen molar-refractivity contribution in [3.63, 3.8) is 0 Å². The molecule has 0 aliphatic carbocycles. The van der Waals surface area contributed by atoms with Gasteiger partial charge in [-0.15, -0.1) is 0 Å². The van der Waals surface area contributed by atoms with Crippen molar-refractivity contribution in [2.45, 2.75) is 24.3 Å². The third-order valence-electron chi connectivity index (χ3n) is 2.18. The van der Waals surface area contributed by atoms with Gasteiger partial charge in [-0.05, 0) is 18.6 Å². The van der Waals surface area contributed by atoms with Crippen LogP contribution >= 0.6 is 15.9 Å². The monoisotopic (exact) mass is 226 g/mol. The van der Waals surface area contributed by atoms with Crippen LogP contribution in [0.25, 0.3) is 0 Å². The van der Waals surface area contributed by atoms with E-state index >= 15 is 0 Å². The van der Waals surface area contributed by atoms with Gasteiger partial charge in [-0.25, -0.2) is 0 Å². The van der Waals surface area contributed by atoms with Gasteiger partial charge in [0, 0.05) is 11.2 Å². The standard InChI is InChI=1S/C10H11BrO/c1-7(11)10-6-8-4-2-3-5-9(8)12-10/h2-5,7,10H,6H2,1H3. The number of rotatable bonds is 1. The molecule has 0 saturated carbocycles. The van der Waals surface area contributed by atoms with Gasteiger partial charge in [0.25, 0.3) is 0 Å². The second-order valence-electron chi connectivity index (χ2n) is 3.15. The summed E-state index contributed by atoms with van der Waals surface area (Å²) in [6.45, 7) is 2.12. The van der Waals surface area contributed by atoms with E-state index in [-0.39, 0.29) is 0 Å². The molecule has 2 unspecified atom stereocenters. The lowest BCUT2D eigenvalue weighted by atomic mass is 10.1. The van der Waals surface area contributed by atoms with Crippen molar-refractivity contribution in [3.05, 3.63) is 29.8 Å². The average molecular weight is 227 g/mol. The number of alkyl halides is 1. The molecule has 0 radical (unpaired) electrons. The van der Waals surface area contributed by atoms with Gasteiger partial charge in [0.15, 0.2) is 0 Å². The Labute approximate surface area is 80.9 Å². The van der Waals surface area contributed by atoms with Crippen LogP contribution in [0.1, 0.15) is 12.5 Å². The normalized spacial score (nSPS) is 23.0. The minimum absolute atomic E-state index is 0.308. The zero-order valence-corrected chi connectivity index (χ0v) is 8.54. The Balaban J connectivity index is 2.22. The van der Waals surface area contributed by atoms with Gasteiger partial charge in [0.05, 0.1) is 0 Å². The van der Waals surface area contributed by atoms with Crippen LogP contribution in [0.3, 0.4) is 0 Å². The number of ether oxygens (including phenoxy) is 1. The molecule has 12 heavy (non-hydrogen) atoms. The summed E-state index contributed by atoms with van der Waals surface area (Å²) in [6, 6.07) is 8.24. The minimum atomic E-state index is 0.308. The Morgan fingerprint density at radius 1 is 1.50 bits per heavy atom.